The van der Waals surface area contributed by atoms with Crippen molar-refractivity contribution in [2.24, 2.45) is 0 Å². The van der Waals surface area contributed by atoms with Gasteiger partial charge in [-0.15, -0.1) is 0 Å². The van der Waals surface area contributed by atoms with Gasteiger partial charge in [0.2, 0.25) is 0 Å². The van der Waals surface area contributed by atoms with E-state index >= 15 is 0 Å². The minimum Gasteiger partial charge on any atom is -0.468 e. The number of carbonyl (C=O) groups is 2. The molecule has 1 aliphatic carbocycles. The van der Waals surface area contributed by atoms with Crippen LogP contribution < -0.4 is 5.32 Å². The summed E-state index contributed by atoms with van der Waals surface area (Å²) in [7, 11) is 1.24. The first-order valence-corrected chi connectivity index (χ1v) is 6.87. The Balaban J connectivity index is 2.12. The van der Waals surface area contributed by atoms with Crippen LogP contribution in [0, 0.1) is 0 Å². The molecule has 7 heteroatoms. The number of hydrogen-bond donors (Lipinski definition) is 1. The molecule has 1 heterocycles. The maximum absolute atomic E-state index is 12.8. The van der Waals surface area contributed by atoms with Gasteiger partial charge in [-0.25, -0.2) is 0 Å². The third kappa shape index (κ3) is 1.99. The van der Waals surface area contributed by atoms with E-state index in [4.69, 9.17) is 4.74 Å². The zero-order valence-corrected chi connectivity index (χ0v) is 11.8. The lowest BCUT2D eigenvalue weighted by atomic mass is 9.67. The number of ether oxygens (including phenoxy) is 1. The normalized spacial score (nSPS) is 26.9. The van der Waals surface area contributed by atoms with Crippen molar-refractivity contribution in [3.63, 3.8) is 0 Å². The van der Waals surface area contributed by atoms with Gasteiger partial charge in [-0.05, 0) is 24.1 Å². The highest BCUT2D eigenvalue weighted by Gasteiger charge is 2.56. The van der Waals surface area contributed by atoms with E-state index in [0.29, 0.717) is 5.56 Å². The van der Waals surface area contributed by atoms with E-state index in [2.05, 4.69) is 5.32 Å². The maximum atomic E-state index is 12.8. The van der Waals surface area contributed by atoms with Crippen LogP contribution in [0.15, 0.2) is 18.2 Å². The minimum atomic E-state index is -4.46. The van der Waals surface area contributed by atoms with Crippen LogP contribution in [0.5, 0.6) is 0 Å². The fourth-order valence-electron chi connectivity index (χ4n) is 3.46. The Kier molecular flexibility index (Phi) is 3.19. The number of fused-ring (bicyclic) bond motifs is 3. The van der Waals surface area contributed by atoms with E-state index in [0.717, 1.165) is 12.1 Å². The third-order valence-electron chi connectivity index (χ3n) is 4.53. The maximum Gasteiger partial charge on any atom is 0.416 e. The van der Waals surface area contributed by atoms with E-state index in [9.17, 15) is 22.8 Å². The van der Waals surface area contributed by atoms with Gasteiger partial charge in [-0.3, -0.25) is 9.59 Å². The number of benzene rings is 1. The number of halogens is 3. The average Bonchev–Trinajstić information content (AvgIpc) is 2.78. The zero-order chi connectivity index (χ0) is 16.1. The van der Waals surface area contributed by atoms with Crippen molar-refractivity contribution < 1.29 is 27.5 Å². The van der Waals surface area contributed by atoms with E-state index in [1.807, 2.05) is 0 Å². The number of nitrogens with one attached hydrogen (secondary N) is 1. The molecule has 1 N–H and O–H groups in total. The largest absolute Gasteiger partial charge is 0.468 e. The predicted octanol–water partition coefficient (Wildman–Crippen LogP) is 2.66. The molecule has 0 amide bonds. The van der Waals surface area contributed by atoms with Gasteiger partial charge in [0.25, 0.3) is 0 Å². The number of anilines is 1. The molecule has 0 saturated heterocycles. The molecule has 0 radical (unpaired) electrons. The summed E-state index contributed by atoms with van der Waals surface area (Å²) in [5, 5.41) is 2.91. The van der Waals surface area contributed by atoms with E-state index in [1.165, 1.54) is 13.2 Å². The SMILES string of the molecule is COC(=O)[C@@]12CCC(=O)C[C@@H]1Nc1cc(C(F)(F)F)ccc12. The second kappa shape index (κ2) is 4.72. The van der Waals surface area contributed by atoms with Crippen molar-refractivity contribution in [2.45, 2.75) is 36.9 Å². The number of rotatable bonds is 1. The van der Waals surface area contributed by atoms with E-state index in [1.54, 1.807) is 0 Å². The van der Waals surface area contributed by atoms with Crippen LogP contribution in [0.3, 0.4) is 0 Å². The van der Waals surface area contributed by atoms with Gasteiger partial charge in [0, 0.05) is 18.5 Å². The molecule has 1 fully saturated rings. The average molecular weight is 313 g/mol. The lowest BCUT2D eigenvalue weighted by Gasteiger charge is -2.36. The first-order chi connectivity index (χ1) is 10.3. The van der Waals surface area contributed by atoms with Crippen LogP contribution in [0.25, 0.3) is 0 Å². The molecule has 3 rings (SSSR count). The summed E-state index contributed by atoms with van der Waals surface area (Å²) in [5.74, 6) is -0.531. The van der Waals surface area contributed by atoms with Crippen molar-refractivity contribution in [1.82, 2.24) is 0 Å². The molecule has 1 saturated carbocycles. The Bertz CT molecular complexity index is 656. The molecule has 0 bridgehead atoms. The van der Waals surface area contributed by atoms with Crippen LogP contribution in [0.1, 0.15) is 30.4 Å². The van der Waals surface area contributed by atoms with Gasteiger partial charge in [-0.1, -0.05) is 6.07 Å². The summed E-state index contributed by atoms with van der Waals surface area (Å²) in [6.07, 6.45) is -3.90. The molecular weight excluding hydrogens is 299 g/mol. The highest BCUT2D eigenvalue weighted by Crippen LogP contribution is 2.50. The molecule has 2 aliphatic rings. The van der Waals surface area contributed by atoms with Crippen LogP contribution in [0.2, 0.25) is 0 Å². The number of esters is 1. The lowest BCUT2D eigenvalue weighted by molar-refractivity contribution is -0.149. The molecule has 1 aromatic carbocycles. The van der Waals surface area contributed by atoms with Crippen molar-refractivity contribution in [3.8, 4) is 0 Å². The number of alkyl halides is 3. The number of carbonyl (C=O) groups excluding carboxylic acids is 2. The summed E-state index contributed by atoms with van der Waals surface area (Å²) in [6, 6.07) is 2.71. The molecular formula is C15H14F3NO3. The van der Waals surface area contributed by atoms with E-state index in [-0.39, 0.29) is 30.7 Å². The number of hydrogen-bond acceptors (Lipinski definition) is 4. The molecule has 0 unspecified atom stereocenters. The van der Waals surface area contributed by atoms with Crippen LogP contribution in [-0.2, 0) is 25.9 Å². The van der Waals surface area contributed by atoms with E-state index < -0.39 is 29.2 Å². The summed E-state index contributed by atoms with van der Waals surface area (Å²) in [5.41, 5.74) is -1.14. The molecule has 0 aromatic heterocycles. The fraction of sp³-hybridized carbons (Fsp3) is 0.467. The highest BCUT2D eigenvalue weighted by molar-refractivity contribution is 5.94. The quantitative estimate of drug-likeness (QED) is 0.810. The topological polar surface area (TPSA) is 55.4 Å². The lowest BCUT2D eigenvalue weighted by Crippen LogP contribution is -2.50. The monoisotopic (exact) mass is 313 g/mol. The van der Waals surface area contributed by atoms with Crippen molar-refractivity contribution in [1.29, 1.82) is 0 Å². The summed E-state index contributed by atoms with van der Waals surface area (Å²) >= 11 is 0. The minimum absolute atomic E-state index is 0.0131. The zero-order valence-electron chi connectivity index (χ0n) is 11.8. The molecule has 1 aliphatic heterocycles. The fourth-order valence-corrected chi connectivity index (χ4v) is 3.46. The van der Waals surface area contributed by atoms with Crippen molar-refractivity contribution >= 4 is 17.4 Å². The van der Waals surface area contributed by atoms with Gasteiger partial charge in [0.05, 0.1) is 18.7 Å². The Morgan fingerprint density at radius 3 is 2.77 bits per heavy atom. The molecule has 0 spiro atoms. The molecule has 1 aromatic rings. The van der Waals surface area contributed by atoms with Crippen LogP contribution in [0.4, 0.5) is 18.9 Å². The van der Waals surface area contributed by atoms with Gasteiger partial charge in [-0.2, -0.15) is 13.2 Å². The highest BCUT2D eigenvalue weighted by atomic mass is 19.4. The number of methoxy groups -OCH3 is 1. The summed E-state index contributed by atoms with van der Waals surface area (Å²) < 4.78 is 43.4. The first kappa shape index (κ1) is 14.9. The third-order valence-corrected chi connectivity index (χ3v) is 4.53. The molecule has 4 nitrogen and oxygen atoms in total. The first-order valence-electron chi connectivity index (χ1n) is 6.87. The standard InChI is InChI=1S/C15H14F3NO3/c1-22-13(21)14-5-4-9(20)7-12(14)19-11-6-8(15(16,17)18)2-3-10(11)14/h2-3,6,12,19H,4-5,7H2,1H3/t12-,14+/m0/s1. The Morgan fingerprint density at radius 2 is 2.14 bits per heavy atom. The number of Topliss-reactive ketones (excluding diaryl/α,β-unsaturated/α-hetero) is 1. The Hall–Kier alpha value is -2.05. The van der Waals surface area contributed by atoms with Crippen molar-refractivity contribution in [2.75, 3.05) is 12.4 Å². The second-order valence-corrected chi connectivity index (χ2v) is 5.66. The van der Waals surface area contributed by atoms with Gasteiger partial charge >= 0.3 is 12.1 Å². The van der Waals surface area contributed by atoms with Gasteiger partial charge in [0.1, 0.15) is 11.2 Å². The predicted molar refractivity (Wildman–Crippen MR) is 71.4 cm³/mol. The molecule has 2 atom stereocenters. The van der Waals surface area contributed by atoms with Crippen LogP contribution in [-0.4, -0.2) is 24.9 Å². The molecule has 22 heavy (non-hydrogen) atoms. The number of ketones is 1. The van der Waals surface area contributed by atoms with Gasteiger partial charge < -0.3 is 10.1 Å². The Morgan fingerprint density at radius 1 is 1.41 bits per heavy atom. The molecule has 118 valence electrons. The summed E-state index contributed by atoms with van der Waals surface area (Å²) in [4.78, 5) is 24.0. The summed E-state index contributed by atoms with van der Waals surface area (Å²) in [6.45, 7) is 0. The Labute approximate surface area is 124 Å². The van der Waals surface area contributed by atoms with Gasteiger partial charge in [0.15, 0.2) is 0 Å². The smallest absolute Gasteiger partial charge is 0.416 e. The van der Waals surface area contributed by atoms with Crippen LogP contribution >= 0.6 is 0 Å². The second-order valence-electron chi connectivity index (χ2n) is 5.66. The van der Waals surface area contributed by atoms with Crippen molar-refractivity contribution in [3.05, 3.63) is 29.3 Å².